The van der Waals surface area contributed by atoms with Gasteiger partial charge in [-0.15, -0.1) is 0 Å². The van der Waals surface area contributed by atoms with Gasteiger partial charge in [-0.3, -0.25) is 0 Å². The lowest BCUT2D eigenvalue weighted by molar-refractivity contribution is -0.0144. The van der Waals surface area contributed by atoms with E-state index in [1.807, 2.05) is 39.8 Å². The van der Waals surface area contributed by atoms with Crippen molar-refractivity contribution in [1.82, 2.24) is 0 Å². The first kappa shape index (κ1) is 16.9. The molecule has 0 atom stereocenters. The monoisotopic (exact) mass is 254 g/mol. The molecule has 0 saturated carbocycles. The standard InChI is InChI=1S/C15H26O3/c1-6-18-15(11-16-9-7-13(2)3)12-17-10-8-14(4)5/h6-8,15H,1,9-12H2,2-5H3. The van der Waals surface area contributed by atoms with Gasteiger partial charge in [0.1, 0.15) is 6.10 Å². The quantitative estimate of drug-likeness (QED) is 0.339. The van der Waals surface area contributed by atoms with Gasteiger partial charge in [-0.05, 0) is 27.7 Å². The zero-order valence-corrected chi connectivity index (χ0v) is 12.1. The average molecular weight is 254 g/mol. The Bertz CT molecular complexity index is 247. The molecule has 0 unspecified atom stereocenters. The fraction of sp³-hybridized carbons (Fsp3) is 0.600. The number of hydrogen-bond acceptors (Lipinski definition) is 3. The lowest BCUT2D eigenvalue weighted by Gasteiger charge is -2.16. The molecule has 0 fully saturated rings. The first-order chi connectivity index (χ1) is 8.56. The summed E-state index contributed by atoms with van der Waals surface area (Å²) in [5.74, 6) is 0. The van der Waals surface area contributed by atoms with Crippen molar-refractivity contribution in [3.8, 4) is 0 Å². The summed E-state index contributed by atoms with van der Waals surface area (Å²) in [6.45, 7) is 14.0. The van der Waals surface area contributed by atoms with Crippen molar-refractivity contribution >= 4 is 0 Å². The van der Waals surface area contributed by atoms with Crippen molar-refractivity contribution in [2.75, 3.05) is 26.4 Å². The van der Waals surface area contributed by atoms with Crippen molar-refractivity contribution in [3.05, 3.63) is 36.1 Å². The van der Waals surface area contributed by atoms with Gasteiger partial charge in [-0.1, -0.05) is 29.9 Å². The molecule has 0 bridgehead atoms. The minimum Gasteiger partial charge on any atom is -0.494 e. The molecule has 0 rings (SSSR count). The normalized spacial score (nSPS) is 10.1. The SMILES string of the molecule is C=COC(COCC=C(C)C)COCC=C(C)C. The molecule has 0 spiro atoms. The van der Waals surface area contributed by atoms with Gasteiger partial charge < -0.3 is 14.2 Å². The summed E-state index contributed by atoms with van der Waals surface area (Å²) in [7, 11) is 0. The van der Waals surface area contributed by atoms with Crippen LogP contribution in [0, 0.1) is 0 Å². The smallest absolute Gasteiger partial charge is 0.144 e. The first-order valence-electron chi connectivity index (χ1n) is 6.24. The van der Waals surface area contributed by atoms with Crippen molar-refractivity contribution in [2.45, 2.75) is 33.8 Å². The molecule has 0 aliphatic heterocycles. The molecule has 18 heavy (non-hydrogen) atoms. The van der Waals surface area contributed by atoms with Gasteiger partial charge in [0.15, 0.2) is 0 Å². The molecule has 0 N–H and O–H groups in total. The summed E-state index contributed by atoms with van der Waals surface area (Å²) in [6.07, 6.45) is 5.40. The van der Waals surface area contributed by atoms with Crippen molar-refractivity contribution in [1.29, 1.82) is 0 Å². The Hall–Kier alpha value is -1.06. The molecule has 0 radical (unpaired) electrons. The number of allylic oxidation sites excluding steroid dienone is 2. The van der Waals surface area contributed by atoms with Crippen LogP contribution in [0.2, 0.25) is 0 Å². The van der Waals surface area contributed by atoms with Crippen LogP contribution in [0.5, 0.6) is 0 Å². The van der Waals surface area contributed by atoms with Crippen LogP contribution in [0.1, 0.15) is 27.7 Å². The highest BCUT2D eigenvalue weighted by Crippen LogP contribution is 1.98. The Morgan fingerprint density at radius 1 is 0.944 bits per heavy atom. The molecule has 104 valence electrons. The largest absolute Gasteiger partial charge is 0.494 e. The molecule has 3 nitrogen and oxygen atoms in total. The number of hydrogen-bond donors (Lipinski definition) is 0. The summed E-state index contributed by atoms with van der Waals surface area (Å²) in [6, 6.07) is 0. The van der Waals surface area contributed by atoms with Crippen LogP contribution in [-0.4, -0.2) is 32.5 Å². The minimum atomic E-state index is -0.0985. The van der Waals surface area contributed by atoms with Crippen molar-refractivity contribution in [2.24, 2.45) is 0 Å². The highest BCUT2D eigenvalue weighted by Gasteiger charge is 2.08. The molecule has 0 aliphatic rings. The van der Waals surface area contributed by atoms with Crippen molar-refractivity contribution in [3.63, 3.8) is 0 Å². The van der Waals surface area contributed by atoms with Gasteiger partial charge >= 0.3 is 0 Å². The summed E-state index contributed by atoms with van der Waals surface area (Å²) in [4.78, 5) is 0. The summed E-state index contributed by atoms with van der Waals surface area (Å²) in [5, 5.41) is 0. The van der Waals surface area contributed by atoms with Crippen LogP contribution in [0.4, 0.5) is 0 Å². The zero-order valence-electron chi connectivity index (χ0n) is 12.1. The van der Waals surface area contributed by atoms with Crippen LogP contribution in [0.15, 0.2) is 36.1 Å². The second-order valence-corrected chi connectivity index (χ2v) is 4.56. The molecule has 0 aliphatic carbocycles. The maximum atomic E-state index is 5.49. The van der Waals surface area contributed by atoms with E-state index in [0.717, 1.165) is 0 Å². The lowest BCUT2D eigenvalue weighted by Crippen LogP contribution is -2.24. The van der Waals surface area contributed by atoms with Crippen LogP contribution in [0.25, 0.3) is 0 Å². The predicted molar refractivity (Wildman–Crippen MR) is 75.6 cm³/mol. The van der Waals surface area contributed by atoms with E-state index in [-0.39, 0.29) is 6.10 Å². The van der Waals surface area contributed by atoms with Crippen LogP contribution >= 0.6 is 0 Å². The number of rotatable bonds is 10. The second kappa shape index (κ2) is 11.1. The maximum absolute atomic E-state index is 5.49. The third-order valence-corrected chi connectivity index (χ3v) is 2.12. The van der Waals surface area contributed by atoms with Gasteiger partial charge in [-0.25, -0.2) is 0 Å². The lowest BCUT2D eigenvalue weighted by atomic mass is 10.3. The zero-order chi connectivity index (χ0) is 13.8. The van der Waals surface area contributed by atoms with Crippen LogP contribution in [-0.2, 0) is 14.2 Å². The van der Waals surface area contributed by atoms with E-state index in [4.69, 9.17) is 14.2 Å². The molecule has 0 heterocycles. The van der Waals surface area contributed by atoms with Gasteiger partial charge in [0.2, 0.25) is 0 Å². The van der Waals surface area contributed by atoms with E-state index in [0.29, 0.717) is 26.4 Å². The Kier molecular flexibility index (Phi) is 10.4. The maximum Gasteiger partial charge on any atom is 0.144 e. The van der Waals surface area contributed by atoms with E-state index in [1.54, 1.807) is 0 Å². The highest BCUT2D eigenvalue weighted by molar-refractivity contribution is 4.93. The van der Waals surface area contributed by atoms with Crippen molar-refractivity contribution < 1.29 is 14.2 Å². The molecular formula is C15H26O3. The molecular weight excluding hydrogens is 228 g/mol. The fourth-order valence-electron chi connectivity index (χ4n) is 1.11. The molecule has 0 saturated heterocycles. The summed E-state index contributed by atoms with van der Waals surface area (Å²) >= 11 is 0. The van der Waals surface area contributed by atoms with Crippen LogP contribution in [0.3, 0.4) is 0 Å². The first-order valence-corrected chi connectivity index (χ1v) is 6.24. The highest BCUT2D eigenvalue weighted by atomic mass is 16.6. The van der Waals surface area contributed by atoms with Crippen LogP contribution < -0.4 is 0 Å². The molecule has 3 heteroatoms. The Balaban J connectivity index is 3.81. The second-order valence-electron chi connectivity index (χ2n) is 4.56. The third-order valence-electron chi connectivity index (χ3n) is 2.12. The van der Waals surface area contributed by atoms with E-state index >= 15 is 0 Å². The Morgan fingerprint density at radius 2 is 1.39 bits per heavy atom. The van der Waals surface area contributed by atoms with Gasteiger partial charge in [-0.2, -0.15) is 0 Å². The van der Waals surface area contributed by atoms with E-state index in [1.165, 1.54) is 17.4 Å². The Labute approximate surface area is 111 Å². The summed E-state index contributed by atoms with van der Waals surface area (Å²) < 4.78 is 16.3. The summed E-state index contributed by atoms with van der Waals surface area (Å²) in [5.41, 5.74) is 2.49. The van der Waals surface area contributed by atoms with Gasteiger partial charge in [0.25, 0.3) is 0 Å². The molecule has 0 aromatic heterocycles. The molecule has 0 amide bonds. The molecule has 0 aromatic rings. The van der Waals surface area contributed by atoms with E-state index < -0.39 is 0 Å². The predicted octanol–water partition coefficient (Wildman–Crippen LogP) is 3.48. The minimum absolute atomic E-state index is 0.0985. The molecule has 0 aromatic carbocycles. The van der Waals surface area contributed by atoms with Gasteiger partial charge in [0, 0.05) is 0 Å². The number of ether oxygens (including phenoxy) is 3. The van der Waals surface area contributed by atoms with E-state index in [2.05, 4.69) is 6.58 Å². The topological polar surface area (TPSA) is 27.7 Å². The Morgan fingerprint density at radius 3 is 1.72 bits per heavy atom. The fourth-order valence-corrected chi connectivity index (χ4v) is 1.11. The third kappa shape index (κ3) is 11.4. The van der Waals surface area contributed by atoms with E-state index in [9.17, 15) is 0 Å². The average Bonchev–Trinajstić information content (AvgIpc) is 2.29. The van der Waals surface area contributed by atoms with Gasteiger partial charge in [0.05, 0.1) is 32.7 Å².